The van der Waals surface area contributed by atoms with Crippen LogP contribution in [0.1, 0.15) is 0 Å². The van der Waals surface area contributed by atoms with Crippen molar-refractivity contribution in [2.75, 3.05) is 5.33 Å². The molecule has 0 amide bonds. The fraction of sp³-hybridized carbons (Fsp3) is 0.0750. The summed E-state index contributed by atoms with van der Waals surface area (Å²) in [6.45, 7) is 0. The number of carboxylic acid groups (broad SMARTS) is 1. The molecule has 6 aromatic carbocycles. The van der Waals surface area contributed by atoms with Gasteiger partial charge in [-0.05, 0) is 36.4 Å². The number of aliphatic carboxylic acids is 1. The molecule has 0 unspecified atom stereocenters. The fourth-order valence-electron chi connectivity index (χ4n) is 6.09. The normalized spacial score (nSPS) is 10.8. The van der Waals surface area contributed by atoms with Crippen molar-refractivity contribution in [2.24, 2.45) is 0 Å². The van der Waals surface area contributed by atoms with Crippen LogP contribution in [0.3, 0.4) is 0 Å². The van der Waals surface area contributed by atoms with Crippen molar-refractivity contribution in [3.8, 4) is 0 Å². The van der Waals surface area contributed by atoms with Crippen molar-refractivity contribution >= 4 is 116 Å². The third-order valence-electron chi connectivity index (χ3n) is 8.15. The smallest absolute Gasteiger partial charge is 0.314 e. The molecule has 0 aliphatic rings. The van der Waals surface area contributed by atoms with Crippen molar-refractivity contribution in [3.05, 3.63) is 146 Å². The Bertz CT molecular complexity index is 2210. The van der Waals surface area contributed by atoms with Gasteiger partial charge in [0.25, 0.3) is 0 Å². The molecule has 2 N–H and O–H groups in total. The zero-order valence-corrected chi connectivity index (χ0v) is 30.0. The number of nitrogens with one attached hydrogen (secondary N) is 1. The number of hydrogen-bond donors (Lipinski definition) is 3. The Morgan fingerprint density at radius 2 is 0.812 bits per heavy atom. The van der Waals surface area contributed by atoms with Crippen LogP contribution in [0.2, 0.25) is 0 Å². The highest BCUT2D eigenvalue weighted by molar-refractivity contribution is 9.09. The van der Waals surface area contributed by atoms with E-state index < -0.39 is 5.97 Å². The summed E-state index contributed by atoms with van der Waals surface area (Å²) >= 11 is 10.6. The SMILES string of the molecule is BrCn1c2ccccc2c2ccccc21.O=C(O)CBr.SCn1c2ccccc2c2ccccc21.c1ccc2c(c1)[nH]c1ccccc12. The molecule has 240 valence electrons. The average molecular weight is 780 g/mol. The van der Waals surface area contributed by atoms with Crippen LogP contribution in [-0.2, 0) is 16.1 Å². The van der Waals surface area contributed by atoms with Crippen molar-refractivity contribution < 1.29 is 9.90 Å². The van der Waals surface area contributed by atoms with Gasteiger partial charge >= 0.3 is 5.97 Å². The molecule has 0 radical (unpaired) electrons. The molecule has 0 spiro atoms. The minimum absolute atomic E-state index is 0.0347. The predicted molar refractivity (Wildman–Crippen MR) is 214 cm³/mol. The molecule has 9 rings (SSSR count). The van der Waals surface area contributed by atoms with Crippen LogP contribution in [0.4, 0.5) is 0 Å². The first-order chi connectivity index (χ1) is 23.5. The van der Waals surface area contributed by atoms with Crippen LogP contribution in [-0.4, -0.2) is 30.5 Å². The Hall–Kier alpha value is -4.50. The molecule has 0 fully saturated rings. The molecule has 3 aromatic heterocycles. The van der Waals surface area contributed by atoms with Gasteiger partial charge in [0.1, 0.15) is 5.33 Å². The number of rotatable bonds is 3. The lowest BCUT2D eigenvalue weighted by atomic mass is 10.2. The monoisotopic (exact) mass is 777 g/mol. The number of hydrogen-bond acceptors (Lipinski definition) is 2. The molecule has 0 atom stereocenters. The largest absolute Gasteiger partial charge is 0.481 e. The van der Waals surface area contributed by atoms with E-state index in [0.29, 0.717) is 5.88 Å². The highest BCUT2D eigenvalue weighted by atomic mass is 79.9. The second-order valence-corrected chi connectivity index (χ2v) is 12.3. The molecule has 48 heavy (non-hydrogen) atoms. The molecular weight excluding hydrogens is 746 g/mol. The number of aromatic nitrogens is 3. The van der Waals surface area contributed by atoms with Gasteiger partial charge in [0.15, 0.2) is 0 Å². The second kappa shape index (κ2) is 15.6. The standard InChI is InChI=1S/C13H10BrN.C13H11NS.C12H9N.C2H3BrO2/c14-9-15-12-7-3-1-5-10(12)11-6-2-4-8-13(11)15;15-9-14-12-7-3-1-5-10(12)11-6-2-4-8-13(11)14;1-3-7-11-9(5-1)10-6-2-4-8-12(10)13-11;3-1-2(4)5/h1-8H,9H2;1-8,15H,9H2;1-8,13H;1H2,(H,4,5). The van der Waals surface area contributed by atoms with Gasteiger partial charge in [0, 0.05) is 65.4 Å². The van der Waals surface area contributed by atoms with E-state index in [1.165, 1.54) is 65.4 Å². The van der Waals surface area contributed by atoms with E-state index in [2.05, 4.69) is 204 Å². The number of carbonyl (C=O) groups is 1. The second-order valence-electron chi connectivity index (χ2n) is 10.9. The summed E-state index contributed by atoms with van der Waals surface area (Å²) in [4.78, 5) is 12.7. The van der Waals surface area contributed by atoms with Gasteiger partial charge in [-0.25, -0.2) is 0 Å². The third-order valence-corrected chi connectivity index (χ3v) is 9.41. The number of H-pyrrole nitrogens is 1. The first kappa shape index (κ1) is 33.4. The quantitative estimate of drug-likeness (QED) is 0.124. The lowest BCUT2D eigenvalue weighted by Crippen LogP contribution is -1.92. The Morgan fingerprint density at radius 3 is 1.12 bits per heavy atom. The number of carboxylic acids is 1. The lowest BCUT2D eigenvalue weighted by Gasteiger charge is -2.00. The van der Waals surface area contributed by atoms with E-state index in [-0.39, 0.29) is 5.33 Å². The topological polar surface area (TPSA) is 63.0 Å². The summed E-state index contributed by atoms with van der Waals surface area (Å²) in [7, 11) is 0. The minimum Gasteiger partial charge on any atom is -0.481 e. The number of aromatic amines is 1. The molecule has 0 aliphatic heterocycles. The maximum Gasteiger partial charge on any atom is 0.314 e. The Labute approximate surface area is 300 Å². The van der Waals surface area contributed by atoms with Gasteiger partial charge in [0.2, 0.25) is 0 Å². The summed E-state index contributed by atoms with van der Waals surface area (Å²) in [5.74, 6) is -0.112. The van der Waals surface area contributed by atoms with Gasteiger partial charge in [-0.1, -0.05) is 141 Å². The van der Waals surface area contributed by atoms with E-state index in [0.717, 1.165) is 5.45 Å². The van der Waals surface area contributed by atoms with Gasteiger partial charge in [-0.3, -0.25) is 4.79 Å². The maximum absolute atomic E-state index is 9.32. The number of benzene rings is 6. The Kier molecular flexibility index (Phi) is 10.9. The van der Waals surface area contributed by atoms with Crippen LogP contribution in [0.15, 0.2) is 146 Å². The van der Waals surface area contributed by atoms with Crippen LogP contribution in [0, 0.1) is 0 Å². The van der Waals surface area contributed by atoms with Crippen LogP contribution >= 0.6 is 44.5 Å². The molecule has 3 heterocycles. The minimum atomic E-state index is -0.829. The first-order valence-electron chi connectivity index (χ1n) is 15.4. The van der Waals surface area contributed by atoms with Gasteiger partial charge in [-0.2, -0.15) is 12.6 Å². The summed E-state index contributed by atoms with van der Waals surface area (Å²) in [6.07, 6.45) is 0. The highest BCUT2D eigenvalue weighted by Gasteiger charge is 2.08. The summed E-state index contributed by atoms with van der Waals surface area (Å²) in [6, 6.07) is 50.7. The van der Waals surface area contributed by atoms with Gasteiger partial charge in [-0.15, -0.1) is 0 Å². The van der Waals surface area contributed by atoms with Crippen molar-refractivity contribution in [1.29, 1.82) is 0 Å². The number of fused-ring (bicyclic) bond motifs is 9. The summed E-state index contributed by atoms with van der Waals surface area (Å²) < 4.78 is 4.51. The summed E-state index contributed by atoms with van der Waals surface area (Å²) in [5.41, 5.74) is 8.35. The lowest BCUT2D eigenvalue weighted by molar-refractivity contribution is -0.133. The molecule has 0 aliphatic carbocycles. The zero-order chi connectivity index (χ0) is 33.5. The number of nitrogens with zero attached hydrogens (tertiary/aromatic N) is 2. The van der Waals surface area contributed by atoms with Crippen molar-refractivity contribution in [1.82, 2.24) is 14.1 Å². The Morgan fingerprint density at radius 1 is 0.521 bits per heavy atom. The Balaban J connectivity index is 0.000000118. The van der Waals surface area contributed by atoms with E-state index >= 15 is 0 Å². The van der Waals surface area contributed by atoms with E-state index in [4.69, 9.17) is 5.11 Å². The predicted octanol–water partition coefficient (Wildman–Crippen LogP) is 11.6. The molecule has 0 saturated carbocycles. The molecule has 8 heteroatoms. The van der Waals surface area contributed by atoms with E-state index in [1.807, 2.05) is 0 Å². The molecule has 5 nitrogen and oxygen atoms in total. The maximum atomic E-state index is 9.32. The van der Waals surface area contributed by atoms with E-state index in [9.17, 15) is 4.79 Å². The first-order valence-corrected chi connectivity index (χ1v) is 18.2. The number of halogens is 2. The number of alkyl halides is 2. The fourth-order valence-corrected chi connectivity index (χ4v) is 6.93. The third kappa shape index (κ3) is 6.88. The molecule has 0 saturated heterocycles. The number of thiol groups is 1. The van der Waals surface area contributed by atoms with Crippen LogP contribution in [0.25, 0.3) is 65.4 Å². The van der Waals surface area contributed by atoms with Crippen molar-refractivity contribution in [2.45, 2.75) is 11.3 Å². The van der Waals surface area contributed by atoms with Crippen LogP contribution < -0.4 is 0 Å². The van der Waals surface area contributed by atoms with Crippen LogP contribution in [0.5, 0.6) is 0 Å². The average Bonchev–Trinajstić information content (AvgIpc) is 3.80. The van der Waals surface area contributed by atoms with Gasteiger partial charge in [0.05, 0.1) is 11.3 Å². The number of para-hydroxylation sites is 6. The molecule has 0 bridgehead atoms. The van der Waals surface area contributed by atoms with E-state index in [1.54, 1.807) is 0 Å². The molecule has 9 aromatic rings. The molecular formula is C40H33Br2N3O2S. The van der Waals surface area contributed by atoms with Gasteiger partial charge < -0.3 is 19.2 Å². The highest BCUT2D eigenvalue weighted by Crippen LogP contribution is 2.30. The zero-order valence-electron chi connectivity index (χ0n) is 25.9. The van der Waals surface area contributed by atoms with Crippen molar-refractivity contribution in [3.63, 3.8) is 0 Å². The summed E-state index contributed by atoms with van der Waals surface area (Å²) in [5, 5.41) is 15.6.